The highest BCUT2D eigenvalue weighted by Gasteiger charge is 2.18. The van der Waals surface area contributed by atoms with E-state index in [0.717, 1.165) is 27.5 Å². The second-order valence-corrected chi connectivity index (χ2v) is 11.3. The van der Waals surface area contributed by atoms with Crippen LogP contribution in [0.2, 0.25) is 0 Å². The Morgan fingerprint density at radius 1 is 0.279 bits per heavy atom. The van der Waals surface area contributed by atoms with Gasteiger partial charge in [-0.2, -0.15) is 0 Å². The Kier molecular flexibility index (Phi) is 5.27. The van der Waals surface area contributed by atoms with Crippen LogP contribution >= 0.6 is 0 Å². The fraction of sp³-hybridized carbons (Fsp3) is 0. The minimum absolute atomic E-state index is 0.913. The molecule has 0 atom stereocenters. The Hall–Kier alpha value is -5.66. The molecule has 1 heterocycles. The number of rotatable bonds is 3. The standard InChI is InChI=1S/C42H26O/c1-2-10-27(11-3-1)28-18-20-29(21-19-28)41-34-14-6-8-16-36(34)42(37-17-9-7-15-35(37)41)32-22-23-33-38-24-30-12-4-5-13-31(30)25-40(38)43-39(33)26-32/h1-26H. The van der Waals surface area contributed by atoms with E-state index in [4.69, 9.17) is 4.42 Å². The average molecular weight is 547 g/mol. The van der Waals surface area contributed by atoms with Crippen molar-refractivity contribution in [3.8, 4) is 33.4 Å². The Labute approximate surface area is 249 Å². The molecule has 0 saturated carbocycles. The molecule has 0 aliphatic heterocycles. The highest BCUT2D eigenvalue weighted by Crippen LogP contribution is 2.45. The first kappa shape index (κ1) is 24.0. The van der Waals surface area contributed by atoms with E-state index in [1.807, 2.05) is 0 Å². The first-order chi connectivity index (χ1) is 21.3. The first-order valence-corrected chi connectivity index (χ1v) is 14.8. The van der Waals surface area contributed by atoms with Crippen LogP contribution in [-0.4, -0.2) is 0 Å². The minimum Gasteiger partial charge on any atom is -0.456 e. The number of hydrogen-bond acceptors (Lipinski definition) is 1. The van der Waals surface area contributed by atoms with Gasteiger partial charge >= 0.3 is 0 Å². The van der Waals surface area contributed by atoms with Crippen LogP contribution in [0.4, 0.5) is 0 Å². The van der Waals surface area contributed by atoms with E-state index in [1.165, 1.54) is 60.1 Å². The summed E-state index contributed by atoms with van der Waals surface area (Å²) in [6.45, 7) is 0. The highest BCUT2D eigenvalue weighted by atomic mass is 16.3. The molecule has 1 aromatic heterocycles. The van der Waals surface area contributed by atoms with Crippen molar-refractivity contribution in [3.05, 3.63) is 158 Å². The Morgan fingerprint density at radius 2 is 0.744 bits per heavy atom. The van der Waals surface area contributed by atoms with Crippen LogP contribution in [0.1, 0.15) is 0 Å². The number of benzene rings is 8. The summed E-state index contributed by atoms with van der Waals surface area (Å²) in [7, 11) is 0. The number of fused-ring (bicyclic) bond motifs is 6. The molecule has 9 aromatic rings. The van der Waals surface area contributed by atoms with Crippen molar-refractivity contribution in [1.29, 1.82) is 0 Å². The van der Waals surface area contributed by atoms with Gasteiger partial charge in [-0.05, 0) is 90.0 Å². The van der Waals surface area contributed by atoms with Crippen molar-refractivity contribution < 1.29 is 4.42 Å². The van der Waals surface area contributed by atoms with Crippen molar-refractivity contribution in [2.75, 3.05) is 0 Å². The molecule has 0 unspecified atom stereocenters. The van der Waals surface area contributed by atoms with Crippen molar-refractivity contribution in [1.82, 2.24) is 0 Å². The molecule has 0 saturated heterocycles. The molecule has 0 aliphatic rings. The molecular formula is C42H26O. The van der Waals surface area contributed by atoms with Crippen molar-refractivity contribution in [2.45, 2.75) is 0 Å². The van der Waals surface area contributed by atoms with E-state index in [0.29, 0.717) is 0 Å². The molecule has 0 radical (unpaired) electrons. The summed E-state index contributed by atoms with van der Waals surface area (Å²) in [6.07, 6.45) is 0. The van der Waals surface area contributed by atoms with Crippen LogP contribution < -0.4 is 0 Å². The molecule has 200 valence electrons. The zero-order valence-electron chi connectivity index (χ0n) is 23.4. The number of furan rings is 1. The van der Waals surface area contributed by atoms with E-state index in [9.17, 15) is 0 Å². The maximum Gasteiger partial charge on any atom is 0.136 e. The van der Waals surface area contributed by atoms with E-state index < -0.39 is 0 Å². The fourth-order valence-electron chi connectivity index (χ4n) is 6.83. The highest BCUT2D eigenvalue weighted by molar-refractivity contribution is 6.22. The van der Waals surface area contributed by atoms with Gasteiger partial charge in [-0.1, -0.05) is 133 Å². The fourth-order valence-corrected chi connectivity index (χ4v) is 6.83. The smallest absolute Gasteiger partial charge is 0.136 e. The predicted octanol–water partition coefficient (Wildman–Crippen LogP) is 12.0. The van der Waals surface area contributed by atoms with Gasteiger partial charge in [0.2, 0.25) is 0 Å². The summed E-state index contributed by atoms with van der Waals surface area (Å²) in [4.78, 5) is 0. The topological polar surface area (TPSA) is 13.1 Å². The summed E-state index contributed by atoms with van der Waals surface area (Å²) in [5, 5.41) is 9.70. The molecular weight excluding hydrogens is 520 g/mol. The van der Waals surface area contributed by atoms with Crippen LogP contribution in [0.5, 0.6) is 0 Å². The van der Waals surface area contributed by atoms with Crippen LogP contribution in [0.3, 0.4) is 0 Å². The molecule has 0 aliphatic carbocycles. The van der Waals surface area contributed by atoms with E-state index in [2.05, 4.69) is 158 Å². The Balaban J connectivity index is 1.27. The summed E-state index contributed by atoms with van der Waals surface area (Å²) >= 11 is 0. The lowest BCUT2D eigenvalue weighted by Crippen LogP contribution is -1.91. The molecule has 1 nitrogen and oxygen atoms in total. The third-order valence-electron chi connectivity index (χ3n) is 8.84. The molecule has 0 amide bonds. The van der Waals surface area contributed by atoms with Crippen LogP contribution in [0.15, 0.2) is 162 Å². The van der Waals surface area contributed by atoms with Gasteiger partial charge in [0.05, 0.1) is 0 Å². The lowest BCUT2D eigenvalue weighted by molar-refractivity contribution is 0.669. The Bertz CT molecular complexity index is 2420. The normalized spacial score (nSPS) is 11.7. The zero-order valence-corrected chi connectivity index (χ0v) is 23.4. The van der Waals surface area contributed by atoms with Crippen molar-refractivity contribution >= 4 is 54.3 Å². The van der Waals surface area contributed by atoms with Gasteiger partial charge in [-0.3, -0.25) is 0 Å². The lowest BCUT2D eigenvalue weighted by atomic mass is 9.85. The SMILES string of the molecule is c1ccc(-c2ccc(-c3c4ccccc4c(-c4ccc5c(c4)oc4cc6ccccc6cc45)c4ccccc34)cc2)cc1. The first-order valence-electron chi connectivity index (χ1n) is 14.8. The van der Waals surface area contributed by atoms with Gasteiger partial charge in [0.25, 0.3) is 0 Å². The van der Waals surface area contributed by atoms with Gasteiger partial charge < -0.3 is 4.42 Å². The van der Waals surface area contributed by atoms with Crippen molar-refractivity contribution in [3.63, 3.8) is 0 Å². The largest absolute Gasteiger partial charge is 0.456 e. The van der Waals surface area contributed by atoms with Crippen LogP contribution in [0.25, 0.3) is 87.6 Å². The van der Waals surface area contributed by atoms with Gasteiger partial charge in [0.1, 0.15) is 11.2 Å². The predicted molar refractivity (Wildman–Crippen MR) is 183 cm³/mol. The van der Waals surface area contributed by atoms with Gasteiger partial charge in [-0.25, -0.2) is 0 Å². The van der Waals surface area contributed by atoms with Gasteiger partial charge in [0, 0.05) is 10.8 Å². The van der Waals surface area contributed by atoms with E-state index in [-0.39, 0.29) is 0 Å². The maximum atomic E-state index is 6.49. The van der Waals surface area contributed by atoms with Gasteiger partial charge in [0.15, 0.2) is 0 Å². The molecule has 0 spiro atoms. The molecule has 0 fully saturated rings. The molecule has 8 aromatic carbocycles. The molecule has 43 heavy (non-hydrogen) atoms. The molecule has 1 heteroatoms. The second-order valence-electron chi connectivity index (χ2n) is 11.3. The average Bonchev–Trinajstić information content (AvgIpc) is 3.43. The Morgan fingerprint density at radius 3 is 1.40 bits per heavy atom. The van der Waals surface area contributed by atoms with Crippen LogP contribution in [0, 0.1) is 0 Å². The van der Waals surface area contributed by atoms with Crippen LogP contribution in [-0.2, 0) is 0 Å². The second kappa shape index (κ2) is 9.44. The third kappa shape index (κ3) is 3.79. The van der Waals surface area contributed by atoms with Crippen molar-refractivity contribution in [2.24, 2.45) is 0 Å². The lowest BCUT2D eigenvalue weighted by Gasteiger charge is -2.18. The maximum absolute atomic E-state index is 6.49. The summed E-state index contributed by atoms with van der Waals surface area (Å²) in [6, 6.07) is 56.8. The minimum atomic E-state index is 0.913. The van der Waals surface area contributed by atoms with Gasteiger partial charge in [-0.15, -0.1) is 0 Å². The summed E-state index contributed by atoms with van der Waals surface area (Å²) in [5.41, 5.74) is 9.18. The number of hydrogen-bond donors (Lipinski definition) is 0. The molecule has 0 bridgehead atoms. The monoisotopic (exact) mass is 546 g/mol. The molecule has 0 N–H and O–H groups in total. The van der Waals surface area contributed by atoms with E-state index >= 15 is 0 Å². The van der Waals surface area contributed by atoms with E-state index in [1.54, 1.807) is 0 Å². The zero-order chi connectivity index (χ0) is 28.3. The quantitative estimate of drug-likeness (QED) is 0.201. The molecule has 9 rings (SSSR count). The summed E-state index contributed by atoms with van der Waals surface area (Å²) < 4.78 is 6.49. The third-order valence-corrected chi connectivity index (χ3v) is 8.84. The summed E-state index contributed by atoms with van der Waals surface area (Å²) in [5.74, 6) is 0.